The number of fused-ring (bicyclic) bond motifs is 1. The minimum atomic E-state index is -0.354. The molecule has 206 valence electrons. The number of aromatic nitrogens is 4. The summed E-state index contributed by atoms with van der Waals surface area (Å²) >= 11 is 0. The van der Waals surface area contributed by atoms with Crippen molar-refractivity contribution in [2.75, 3.05) is 28.6 Å². The smallest absolute Gasteiger partial charge is 0.229 e. The first-order chi connectivity index (χ1) is 20.1. The number of ketones is 1. The summed E-state index contributed by atoms with van der Waals surface area (Å²) in [5, 5.41) is 14.7. The van der Waals surface area contributed by atoms with Gasteiger partial charge < -0.3 is 15.5 Å². The van der Waals surface area contributed by atoms with Crippen molar-refractivity contribution in [2.24, 2.45) is 0 Å². The summed E-state index contributed by atoms with van der Waals surface area (Å²) in [4.78, 5) is 24.1. The maximum absolute atomic E-state index is 13.9. The third kappa shape index (κ3) is 5.94. The molecule has 3 N–H and O–H groups in total. The van der Waals surface area contributed by atoms with E-state index in [-0.39, 0.29) is 18.0 Å². The molecule has 3 heterocycles. The van der Waals surface area contributed by atoms with Crippen molar-refractivity contribution in [1.29, 1.82) is 0 Å². The number of halogens is 1. The van der Waals surface area contributed by atoms with Crippen LogP contribution in [0.1, 0.15) is 24.8 Å². The number of nitrogens with zero attached hydrogens (tertiary/aromatic N) is 4. The lowest BCUT2D eigenvalue weighted by molar-refractivity contribution is -0.114. The number of carbonyl (C=O) groups is 1. The summed E-state index contributed by atoms with van der Waals surface area (Å²) in [6, 6.07) is 22.1. The van der Waals surface area contributed by atoms with Gasteiger partial charge in [0.1, 0.15) is 11.6 Å². The Balaban J connectivity index is 1.41. The van der Waals surface area contributed by atoms with E-state index < -0.39 is 0 Å². The second-order valence-electron chi connectivity index (χ2n) is 10.1. The fourth-order valence-corrected chi connectivity index (χ4v) is 5.15. The Kier molecular flexibility index (Phi) is 7.40. The molecule has 0 aliphatic carbocycles. The Bertz CT molecular complexity index is 1720. The minimum absolute atomic E-state index is 0.0669. The summed E-state index contributed by atoms with van der Waals surface area (Å²) in [7, 11) is 0. The van der Waals surface area contributed by atoms with Crippen LogP contribution in [0, 0.1) is 5.82 Å². The van der Waals surface area contributed by atoms with Gasteiger partial charge >= 0.3 is 0 Å². The van der Waals surface area contributed by atoms with Crippen LogP contribution in [0.3, 0.4) is 0 Å². The lowest BCUT2D eigenvalue weighted by Gasteiger charge is -2.29. The largest absolute Gasteiger partial charge is 0.371 e. The molecule has 2 aromatic heterocycles. The first-order valence-electron chi connectivity index (χ1n) is 13.7. The van der Waals surface area contributed by atoms with Gasteiger partial charge in [-0.3, -0.25) is 9.89 Å². The van der Waals surface area contributed by atoms with Crippen molar-refractivity contribution < 1.29 is 9.18 Å². The summed E-state index contributed by atoms with van der Waals surface area (Å²) in [6.07, 6.45) is 5.23. The Morgan fingerprint density at radius 2 is 1.73 bits per heavy atom. The van der Waals surface area contributed by atoms with Crippen molar-refractivity contribution in [1.82, 2.24) is 20.2 Å². The number of piperidine rings is 1. The van der Waals surface area contributed by atoms with E-state index in [1.54, 1.807) is 12.1 Å². The highest BCUT2D eigenvalue weighted by Gasteiger charge is 2.19. The van der Waals surface area contributed by atoms with Gasteiger partial charge in [-0.1, -0.05) is 36.9 Å². The number of benzene rings is 3. The van der Waals surface area contributed by atoms with Gasteiger partial charge in [0.25, 0.3) is 0 Å². The monoisotopic (exact) mass is 547 g/mol. The molecule has 9 heteroatoms. The van der Waals surface area contributed by atoms with Crippen LogP contribution in [-0.4, -0.2) is 39.0 Å². The molecule has 8 nitrogen and oxygen atoms in total. The van der Waals surface area contributed by atoms with E-state index in [2.05, 4.69) is 44.4 Å². The number of nitrogens with one attached hydrogen (secondary N) is 3. The third-order valence-electron chi connectivity index (χ3n) is 7.14. The first-order valence-corrected chi connectivity index (χ1v) is 13.7. The summed E-state index contributed by atoms with van der Waals surface area (Å²) in [5.74, 6) is 0.502. The maximum atomic E-state index is 13.9. The fourth-order valence-electron chi connectivity index (χ4n) is 5.15. The molecular weight excluding hydrogens is 517 g/mol. The van der Waals surface area contributed by atoms with Crippen LogP contribution in [0.15, 0.2) is 85.5 Å². The highest BCUT2D eigenvalue weighted by molar-refractivity contribution is 6.01. The molecule has 5 aromatic rings. The maximum Gasteiger partial charge on any atom is 0.229 e. The molecule has 0 saturated carbocycles. The molecule has 0 bridgehead atoms. The number of allylic oxidation sites excluding steroid dienone is 1. The van der Waals surface area contributed by atoms with E-state index >= 15 is 0 Å². The zero-order valence-electron chi connectivity index (χ0n) is 22.5. The van der Waals surface area contributed by atoms with Crippen LogP contribution in [0.2, 0.25) is 0 Å². The highest BCUT2D eigenvalue weighted by atomic mass is 19.1. The predicted octanol–water partition coefficient (Wildman–Crippen LogP) is 6.93. The quantitative estimate of drug-likeness (QED) is 0.172. The highest BCUT2D eigenvalue weighted by Crippen LogP contribution is 2.34. The van der Waals surface area contributed by atoms with E-state index in [1.807, 2.05) is 36.4 Å². The van der Waals surface area contributed by atoms with Crippen molar-refractivity contribution in [3.05, 3.63) is 96.8 Å². The summed E-state index contributed by atoms with van der Waals surface area (Å²) in [6.45, 7) is 5.69. The lowest BCUT2D eigenvalue weighted by Crippen LogP contribution is -2.29. The Morgan fingerprint density at radius 1 is 0.951 bits per heavy atom. The number of hydrogen-bond acceptors (Lipinski definition) is 7. The molecule has 41 heavy (non-hydrogen) atoms. The third-order valence-corrected chi connectivity index (χ3v) is 7.14. The number of anilines is 5. The molecule has 1 saturated heterocycles. The van der Waals surface area contributed by atoms with Gasteiger partial charge in [0, 0.05) is 42.1 Å². The van der Waals surface area contributed by atoms with Gasteiger partial charge in [-0.25, -0.2) is 9.37 Å². The molecule has 6 rings (SSSR count). The second-order valence-corrected chi connectivity index (χ2v) is 10.1. The van der Waals surface area contributed by atoms with Gasteiger partial charge in [0.05, 0.1) is 11.1 Å². The minimum Gasteiger partial charge on any atom is -0.371 e. The van der Waals surface area contributed by atoms with Crippen molar-refractivity contribution >= 4 is 45.6 Å². The molecule has 3 aromatic carbocycles. The van der Waals surface area contributed by atoms with Gasteiger partial charge in [0.15, 0.2) is 11.4 Å². The van der Waals surface area contributed by atoms with Gasteiger partial charge in [0.2, 0.25) is 5.95 Å². The van der Waals surface area contributed by atoms with Crippen LogP contribution >= 0.6 is 0 Å². The number of rotatable bonds is 9. The average Bonchev–Trinajstić information content (AvgIpc) is 3.39. The van der Waals surface area contributed by atoms with Gasteiger partial charge in [-0.15, -0.1) is 0 Å². The van der Waals surface area contributed by atoms with E-state index in [1.165, 1.54) is 37.5 Å². The molecule has 1 aliphatic heterocycles. The molecule has 0 unspecified atom stereocenters. The molecule has 0 radical (unpaired) electrons. The number of carbonyl (C=O) groups excluding carboxylic acids is 1. The van der Waals surface area contributed by atoms with Crippen LogP contribution in [-0.2, 0) is 11.2 Å². The SMILES string of the molecule is C=CC(=O)Cc1cccc(-c2nc(Nc3cccc(N4CCCCC4)c3)nc3n[nH]c(Nc4cccc(F)c4)c23)c1. The van der Waals surface area contributed by atoms with E-state index in [9.17, 15) is 9.18 Å². The molecule has 1 fully saturated rings. The van der Waals surface area contributed by atoms with E-state index in [4.69, 9.17) is 9.97 Å². The molecule has 0 spiro atoms. The summed E-state index contributed by atoms with van der Waals surface area (Å²) < 4.78 is 13.9. The molecule has 1 aliphatic rings. The van der Waals surface area contributed by atoms with Crippen LogP contribution < -0.4 is 15.5 Å². The standard InChI is InChI=1S/C32H30FN7O/c1-2-27(41)18-21-9-6-10-22(17-21)29-28-30(34-24-12-7-11-23(33)19-24)38-39-31(28)37-32(36-29)35-25-13-8-14-26(20-25)40-15-4-3-5-16-40/h2,6-14,17,19-20H,1,3-5,15-16,18H2,(H3,34,35,36,37,38,39). The first kappa shape index (κ1) is 26.2. The topological polar surface area (TPSA) is 98.8 Å². The predicted molar refractivity (Wildman–Crippen MR) is 161 cm³/mol. The zero-order valence-corrected chi connectivity index (χ0v) is 22.5. The second kappa shape index (κ2) is 11.6. The fraction of sp³-hybridized carbons (Fsp3) is 0.188. The molecule has 0 amide bonds. The average molecular weight is 548 g/mol. The van der Waals surface area contributed by atoms with Crippen LogP contribution in [0.5, 0.6) is 0 Å². The Labute approximate surface area is 237 Å². The zero-order chi connectivity index (χ0) is 28.2. The molecular formula is C32H30FN7O. The van der Waals surface area contributed by atoms with Gasteiger partial charge in [-0.2, -0.15) is 10.1 Å². The van der Waals surface area contributed by atoms with Gasteiger partial charge in [-0.05, 0) is 73.4 Å². The Morgan fingerprint density at radius 3 is 2.54 bits per heavy atom. The van der Waals surface area contributed by atoms with Crippen LogP contribution in [0.25, 0.3) is 22.3 Å². The number of aromatic amines is 1. The van der Waals surface area contributed by atoms with E-state index in [0.29, 0.717) is 34.2 Å². The van der Waals surface area contributed by atoms with E-state index in [0.717, 1.165) is 35.6 Å². The summed E-state index contributed by atoms with van der Waals surface area (Å²) in [5.41, 5.74) is 5.28. The number of H-pyrrole nitrogens is 1. The Hall–Kier alpha value is -5.05. The van der Waals surface area contributed by atoms with Crippen molar-refractivity contribution in [3.63, 3.8) is 0 Å². The molecule has 0 atom stereocenters. The lowest BCUT2D eigenvalue weighted by atomic mass is 10.0. The normalized spacial score (nSPS) is 13.2. The number of hydrogen-bond donors (Lipinski definition) is 3. The van der Waals surface area contributed by atoms with Crippen LogP contribution in [0.4, 0.5) is 33.2 Å². The van der Waals surface area contributed by atoms with Crippen molar-refractivity contribution in [2.45, 2.75) is 25.7 Å². The van der Waals surface area contributed by atoms with Crippen molar-refractivity contribution in [3.8, 4) is 11.3 Å².